The molecule has 1 aliphatic carbocycles. The van der Waals surface area contributed by atoms with Crippen LogP contribution >= 0.6 is 11.6 Å². The number of ether oxygens (including phenoxy) is 1. The molecular weight excluding hydrogens is 516 g/mol. The lowest BCUT2D eigenvalue weighted by atomic mass is 9.74. The van der Waals surface area contributed by atoms with E-state index in [1.165, 1.54) is 6.33 Å². The summed E-state index contributed by atoms with van der Waals surface area (Å²) in [6, 6.07) is 32.5. The summed E-state index contributed by atoms with van der Waals surface area (Å²) in [5.74, 6) is 7.91. The standard InChI is InChI=1S/C34H33ClN4O/c1-24(2)40-29-19-20-32(30(21-29)25(3)31-22-33(35)38-23-37-31)39(36)34(26-13-7-4-8-14-26,27-15-9-5-10-16-27)28-17-11-6-12-18-28/h4-24,30,32H,3,36H2,1-2H3. The Kier molecular flexibility index (Phi) is 8.27. The zero-order chi connectivity index (χ0) is 28.1. The number of nitrogens with two attached hydrogens (primary N) is 1. The molecule has 0 saturated heterocycles. The molecule has 40 heavy (non-hydrogen) atoms. The highest BCUT2D eigenvalue weighted by atomic mass is 35.5. The summed E-state index contributed by atoms with van der Waals surface area (Å²) in [4.78, 5) is 8.54. The highest BCUT2D eigenvalue weighted by Crippen LogP contribution is 2.45. The van der Waals surface area contributed by atoms with E-state index >= 15 is 0 Å². The molecule has 0 saturated carbocycles. The lowest BCUT2D eigenvalue weighted by Crippen LogP contribution is -2.58. The number of hydrogen-bond acceptors (Lipinski definition) is 5. The predicted molar refractivity (Wildman–Crippen MR) is 162 cm³/mol. The van der Waals surface area contributed by atoms with E-state index in [2.05, 4.69) is 65.1 Å². The summed E-state index contributed by atoms with van der Waals surface area (Å²) in [5, 5.41) is 2.30. The first kappa shape index (κ1) is 27.5. The molecule has 1 aromatic heterocycles. The minimum absolute atomic E-state index is 0.0147. The lowest BCUT2D eigenvalue weighted by molar-refractivity contribution is 0.104. The molecule has 0 spiro atoms. The molecule has 0 amide bonds. The zero-order valence-electron chi connectivity index (χ0n) is 22.7. The van der Waals surface area contributed by atoms with E-state index in [0.717, 1.165) is 28.0 Å². The molecule has 1 heterocycles. The first-order valence-corrected chi connectivity index (χ1v) is 13.7. The molecule has 2 atom stereocenters. The third-order valence-electron chi connectivity index (χ3n) is 7.19. The van der Waals surface area contributed by atoms with Crippen LogP contribution < -0.4 is 5.84 Å². The summed E-state index contributed by atoms with van der Waals surface area (Å²) in [7, 11) is 0. The average molecular weight is 549 g/mol. The second kappa shape index (κ2) is 12.0. The van der Waals surface area contributed by atoms with Crippen molar-refractivity contribution in [1.29, 1.82) is 0 Å². The minimum atomic E-state index is -0.828. The summed E-state index contributed by atoms with van der Waals surface area (Å²) in [6.07, 6.45) is 7.64. The van der Waals surface area contributed by atoms with Gasteiger partial charge in [-0.25, -0.2) is 15.0 Å². The Labute approximate surface area is 241 Å². The van der Waals surface area contributed by atoms with Crippen LogP contribution in [0.25, 0.3) is 5.57 Å². The van der Waals surface area contributed by atoms with Crippen LogP contribution in [-0.2, 0) is 10.3 Å². The topological polar surface area (TPSA) is 64.3 Å². The van der Waals surface area contributed by atoms with Gasteiger partial charge >= 0.3 is 0 Å². The largest absolute Gasteiger partial charge is 0.491 e. The fourth-order valence-corrected chi connectivity index (χ4v) is 5.60. The van der Waals surface area contributed by atoms with Gasteiger partial charge < -0.3 is 4.74 Å². The molecule has 5 rings (SSSR count). The molecule has 0 fully saturated rings. The van der Waals surface area contributed by atoms with Gasteiger partial charge in [-0.2, -0.15) is 0 Å². The van der Waals surface area contributed by atoms with E-state index < -0.39 is 5.54 Å². The number of halogens is 1. The molecule has 2 unspecified atom stereocenters. The Morgan fingerprint density at radius 1 is 0.900 bits per heavy atom. The van der Waals surface area contributed by atoms with Crippen molar-refractivity contribution < 1.29 is 4.74 Å². The van der Waals surface area contributed by atoms with Crippen molar-refractivity contribution in [3.8, 4) is 0 Å². The van der Waals surface area contributed by atoms with E-state index in [0.29, 0.717) is 10.8 Å². The van der Waals surface area contributed by atoms with E-state index in [1.807, 2.05) is 79.5 Å². The molecule has 0 radical (unpaired) electrons. The Morgan fingerprint density at radius 3 is 1.90 bits per heavy atom. The van der Waals surface area contributed by atoms with Crippen molar-refractivity contribution in [2.75, 3.05) is 0 Å². The number of benzene rings is 3. The van der Waals surface area contributed by atoms with Crippen LogP contribution in [-0.4, -0.2) is 27.1 Å². The van der Waals surface area contributed by atoms with Crippen LogP contribution in [0.2, 0.25) is 5.15 Å². The maximum atomic E-state index is 7.42. The van der Waals surface area contributed by atoms with Gasteiger partial charge in [-0.05, 0) is 48.3 Å². The van der Waals surface area contributed by atoms with E-state index in [1.54, 1.807) is 6.07 Å². The Hall–Kier alpha value is -4.03. The highest BCUT2D eigenvalue weighted by molar-refractivity contribution is 6.29. The molecule has 2 N–H and O–H groups in total. The van der Waals surface area contributed by atoms with Gasteiger partial charge in [0.05, 0.1) is 17.8 Å². The van der Waals surface area contributed by atoms with Gasteiger partial charge in [-0.1, -0.05) is 115 Å². The van der Waals surface area contributed by atoms with Crippen molar-refractivity contribution in [3.63, 3.8) is 0 Å². The normalized spacial score (nSPS) is 17.1. The molecule has 202 valence electrons. The quantitative estimate of drug-likeness (QED) is 0.104. The monoisotopic (exact) mass is 548 g/mol. The molecule has 0 aliphatic heterocycles. The van der Waals surface area contributed by atoms with Crippen LogP contribution in [0.3, 0.4) is 0 Å². The lowest BCUT2D eigenvalue weighted by Gasteiger charge is -2.48. The van der Waals surface area contributed by atoms with E-state index in [4.69, 9.17) is 22.2 Å². The first-order chi connectivity index (χ1) is 19.4. The summed E-state index contributed by atoms with van der Waals surface area (Å²) >= 11 is 6.26. The van der Waals surface area contributed by atoms with Crippen LogP contribution in [0, 0.1) is 5.92 Å². The Morgan fingerprint density at radius 2 is 1.43 bits per heavy atom. The highest BCUT2D eigenvalue weighted by Gasteiger charge is 2.46. The number of nitrogens with zero attached hydrogens (tertiary/aromatic N) is 3. The van der Waals surface area contributed by atoms with Crippen molar-refractivity contribution in [2.45, 2.75) is 31.5 Å². The number of rotatable bonds is 9. The third kappa shape index (κ3) is 5.36. The van der Waals surface area contributed by atoms with E-state index in [9.17, 15) is 0 Å². The Balaban J connectivity index is 1.72. The van der Waals surface area contributed by atoms with Crippen molar-refractivity contribution >= 4 is 17.2 Å². The van der Waals surface area contributed by atoms with Crippen LogP contribution in [0.15, 0.2) is 134 Å². The van der Waals surface area contributed by atoms with Crippen molar-refractivity contribution in [1.82, 2.24) is 15.0 Å². The molecule has 0 bridgehead atoms. The molecule has 4 aromatic rings. The second-order valence-electron chi connectivity index (χ2n) is 10.1. The molecular formula is C34H33ClN4O. The molecule has 6 heteroatoms. The number of hydrazine groups is 1. The van der Waals surface area contributed by atoms with Gasteiger partial charge in [0.15, 0.2) is 0 Å². The van der Waals surface area contributed by atoms with Crippen molar-refractivity contribution in [3.05, 3.63) is 161 Å². The van der Waals surface area contributed by atoms with Crippen LogP contribution in [0.5, 0.6) is 0 Å². The zero-order valence-corrected chi connectivity index (χ0v) is 23.4. The molecule has 1 aliphatic rings. The van der Waals surface area contributed by atoms with Crippen molar-refractivity contribution in [2.24, 2.45) is 11.8 Å². The fourth-order valence-electron chi connectivity index (χ4n) is 5.46. The van der Waals surface area contributed by atoms with Gasteiger partial charge in [0, 0.05) is 12.0 Å². The average Bonchev–Trinajstić information content (AvgIpc) is 2.98. The van der Waals surface area contributed by atoms with Gasteiger partial charge in [0.2, 0.25) is 0 Å². The number of hydrogen-bond donors (Lipinski definition) is 1. The maximum Gasteiger partial charge on any atom is 0.133 e. The second-order valence-corrected chi connectivity index (χ2v) is 10.5. The fraction of sp³-hybridized carbons (Fsp3) is 0.176. The van der Waals surface area contributed by atoms with Gasteiger partial charge in [-0.15, -0.1) is 0 Å². The van der Waals surface area contributed by atoms with Crippen LogP contribution in [0.4, 0.5) is 0 Å². The van der Waals surface area contributed by atoms with Crippen LogP contribution in [0.1, 0.15) is 36.2 Å². The summed E-state index contributed by atoms with van der Waals surface area (Å²) in [6.45, 7) is 8.49. The van der Waals surface area contributed by atoms with Gasteiger partial charge in [0.1, 0.15) is 22.8 Å². The third-order valence-corrected chi connectivity index (χ3v) is 7.40. The smallest absolute Gasteiger partial charge is 0.133 e. The predicted octanol–water partition coefficient (Wildman–Crippen LogP) is 7.17. The SMILES string of the molecule is C=C(c1cc(Cl)ncn1)C1C=C(OC(C)C)C=CC1N(N)C(c1ccccc1)(c1ccccc1)c1ccccc1. The van der Waals surface area contributed by atoms with Gasteiger partial charge in [-0.3, -0.25) is 5.84 Å². The number of allylic oxidation sites excluding steroid dienone is 1. The Bertz CT molecular complexity index is 1410. The molecule has 5 nitrogen and oxygen atoms in total. The first-order valence-electron chi connectivity index (χ1n) is 13.3. The summed E-state index contributed by atoms with van der Waals surface area (Å²) in [5.41, 5.74) is 3.73. The maximum absolute atomic E-state index is 7.42. The number of aromatic nitrogens is 2. The van der Waals surface area contributed by atoms with Gasteiger partial charge in [0.25, 0.3) is 0 Å². The minimum Gasteiger partial charge on any atom is -0.491 e. The van der Waals surface area contributed by atoms with E-state index in [-0.39, 0.29) is 18.1 Å². The molecule has 3 aromatic carbocycles. The summed E-state index contributed by atoms with van der Waals surface area (Å²) < 4.78 is 6.11.